The fourth-order valence-corrected chi connectivity index (χ4v) is 5.22. The highest BCUT2D eigenvalue weighted by molar-refractivity contribution is 7.99. The van der Waals surface area contributed by atoms with E-state index in [0.29, 0.717) is 0 Å². The van der Waals surface area contributed by atoms with Crippen LogP contribution in [-0.2, 0) is 5.75 Å². The van der Waals surface area contributed by atoms with E-state index in [1.165, 1.54) is 5.56 Å². The van der Waals surface area contributed by atoms with Gasteiger partial charge in [0.15, 0.2) is 0 Å². The summed E-state index contributed by atoms with van der Waals surface area (Å²) in [5, 5.41) is 0.200. The molecule has 0 N–H and O–H groups in total. The van der Waals surface area contributed by atoms with Crippen molar-refractivity contribution in [3.8, 4) is 0 Å². The molecule has 0 radical (unpaired) electrons. The summed E-state index contributed by atoms with van der Waals surface area (Å²) in [6.07, 6.45) is 7.56. The minimum absolute atomic E-state index is 0.141. The number of carbonyl (C=O) groups excluding carboxylic acids is 1. The second-order valence-corrected chi connectivity index (χ2v) is 8.07. The van der Waals surface area contributed by atoms with E-state index in [1.807, 2.05) is 65.6 Å². The first kappa shape index (κ1) is 17.3. The Balaban J connectivity index is 1.30. The zero-order chi connectivity index (χ0) is 18.9. The molecule has 1 atom stereocenters. The lowest BCUT2D eigenvalue weighted by Crippen LogP contribution is -2.49. The lowest BCUT2D eigenvalue weighted by Gasteiger charge is -2.35. The highest BCUT2D eigenvalue weighted by atomic mass is 32.2. The fraction of sp³-hybridized carbons (Fsp3) is 0.286. The molecular formula is C21H21N5OS. The maximum atomic E-state index is 13.2. The van der Waals surface area contributed by atoms with E-state index in [0.717, 1.165) is 49.0 Å². The van der Waals surface area contributed by atoms with E-state index in [-0.39, 0.29) is 11.3 Å². The Bertz CT molecular complexity index is 967. The van der Waals surface area contributed by atoms with E-state index in [9.17, 15) is 4.79 Å². The third kappa shape index (κ3) is 3.05. The Morgan fingerprint density at radius 2 is 1.93 bits per heavy atom. The van der Waals surface area contributed by atoms with E-state index in [4.69, 9.17) is 0 Å². The average molecular weight is 392 g/mol. The third-order valence-corrected chi connectivity index (χ3v) is 6.65. The Morgan fingerprint density at radius 3 is 2.68 bits per heavy atom. The molecule has 5 rings (SSSR count). The van der Waals surface area contributed by atoms with Crippen LogP contribution < -0.4 is 4.90 Å². The molecule has 0 aromatic carbocycles. The summed E-state index contributed by atoms with van der Waals surface area (Å²) in [5.41, 5.74) is 3.13. The van der Waals surface area contributed by atoms with Crippen LogP contribution in [-0.4, -0.2) is 51.5 Å². The number of carbonyl (C=O) groups is 1. The van der Waals surface area contributed by atoms with Crippen molar-refractivity contribution in [3.63, 3.8) is 0 Å². The Kier molecular flexibility index (Phi) is 4.52. The first-order valence-corrected chi connectivity index (χ1v) is 10.5. The Morgan fingerprint density at radius 1 is 1.04 bits per heavy atom. The number of piperazine rings is 1. The molecule has 1 fully saturated rings. The molecule has 2 aliphatic heterocycles. The van der Waals surface area contributed by atoms with Crippen LogP contribution in [0, 0.1) is 0 Å². The van der Waals surface area contributed by atoms with E-state index in [1.54, 1.807) is 6.20 Å². The van der Waals surface area contributed by atoms with Crippen LogP contribution >= 0.6 is 11.8 Å². The molecule has 0 saturated carbocycles. The minimum Gasteiger partial charge on any atom is -0.353 e. The van der Waals surface area contributed by atoms with E-state index >= 15 is 0 Å². The molecule has 142 valence electrons. The number of anilines is 1. The highest BCUT2D eigenvalue weighted by Crippen LogP contribution is 2.42. The molecule has 1 amide bonds. The molecule has 7 heteroatoms. The van der Waals surface area contributed by atoms with Crippen molar-refractivity contribution in [2.75, 3.05) is 31.1 Å². The van der Waals surface area contributed by atoms with Gasteiger partial charge >= 0.3 is 0 Å². The van der Waals surface area contributed by atoms with Crippen molar-refractivity contribution in [1.29, 1.82) is 0 Å². The number of fused-ring (bicyclic) bond motifs is 1. The van der Waals surface area contributed by atoms with Gasteiger partial charge in [-0.05, 0) is 24.3 Å². The van der Waals surface area contributed by atoms with Crippen molar-refractivity contribution in [2.24, 2.45) is 0 Å². The van der Waals surface area contributed by atoms with Crippen molar-refractivity contribution in [3.05, 3.63) is 78.0 Å². The Labute approximate surface area is 168 Å². The predicted octanol–water partition coefficient (Wildman–Crippen LogP) is 3.03. The molecule has 5 heterocycles. The third-order valence-electron chi connectivity index (χ3n) is 5.40. The zero-order valence-electron chi connectivity index (χ0n) is 15.4. The van der Waals surface area contributed by atoms with Crippen molar-refractivity contribution < 1.29 is 4.79 Å². The topological polar surface area (TPSA) is 54.3 Å². The van der Waals surface area contributed by atoms with Crippen LogP contribution in [0.5, 0.6) is 0 Å². The van der Waals surface area contributed by atoms with Gasteiger partial charge in [0.05, 0.1) is 5.56 Å². The lowest BCUT2D eigenvalue weighted by molar-refractivity contribution is 0.0745. The van der Waals surface area contributed by atoms with Gasteiger partial charge in [-0.3, -0.25) is 9.78 Å². The van der Waals surface area contributed by atoms with Gasteiger partial charge in [0, 0.05) is 68.0 Å². The second-order valence-electron chi connectivity index (χ2n) is 7.00. The summed E-state index contributed by atoms with van der Waals surface area (Å²) in [5.74, 6) is 1.97. The smallest absolute Gasteiger partial charge is 0.255 e. The van der Waals surface area contributed by atoms with Gasteiger partial charge < -0.3 is 14.4 Å². The first-order chi connectivity index (χ1) is 13.8. The van der Waals surface area contributed by atoms with Crippen LogP contribution in [0.2, 0.25) is 0 Å². The molecule has 3 aromatic rings. The monoisotopic (exact) mass is 391 g/mol. The van der Waals surface area contributed by atoms with Crippen molar-refractivity contribution >= 4 is 23.5 Å². The van der Waals surface area contributed by atoms with Crippen LogP contribution in [0.3, 0.4) is 0 Å². The second kappa shape index (κ2) is 7.31. The normalized spacial score (nSPS) is 18.9. The predicted molar refractivity (Wildman–Crippen MR) is 110 cm³/mol. The molecule has 3 aromatic heterocycles. The molecule has 0 bridgehead atoms. The molecule has 2 aliphatic rings. The summed E-state index contributed by atoms with van der Waals surface area (Å²) in [4.78, 5) is 26.0. The van der Waals surface area contributed by atoms with Crippen LogP contribution in [0.4, 0.5) is 5.82 Å². The standard InChI is InChI=1S/C21H21N5OS/c27-20(25-12-10-24(11-13-25)19-5-1-2-8-23-19)17-6-9-26-18(17)15-28-21(26)16-4-3-7-22-14-16/h1-9,14,21H,10-13,15H2. The summed E-state index contributed by atoms with van der Waals surface area (Å²) < 4.78 is 2.22. The molecule has 0 spiro atoms. The van der Waals surface area contributed by atoms with Gasteiger partial charge in [0.1, 0.15) is 11.2 Å². The van der Waals surface area contributed by atoms with Gasteiger partial charge in [-0.15, -0.1) is 11.8 Å². The average Bonchev–Trinajstić information content (AvgIpc) is 3.37. The zero-order valence-corrected chi connectivity index (χ0v) is 16.3. The van der Waals surface area contributed by atoms with E-state index < -0.39 is 0 Å². The van der Waals surface area contributed by atoms with Gasteiger partial charge in [-0.1, -0.05) is 12.1 Å². The van der Waals surface area contributed by atoms with Gasteiger partial charge in [0.25, 0.3) is 5.91 Å². The number of rotatable bonds is 3. The SMILES string of the molecule is O=C(c1ccn2c1CSC2c1cccnc1)N1CCN(c2ccccn2)CC1. The summed E-state index contributed by atoms with van der Waals surface area (Å²) in [7, 11) is 0. The molecular weight excluding hydrogens is 370 g/mol. The molecule has 1 unspecified atom stereocenters. The van der Waals surface area contributed by atoms with Crippen LogP contribution in [0.15, 0.2) is 61.2 Å². The molecule has 0 aliphatic carbocycles. The largest absolute Gasteiger partial charge is 0.353 e. The maximum Gasteiger partial charge on any atom is 0.255 e. The number of aromatic nitrogens is 3. The number of thioether (sulfide) groups is 1. The minimum atomic E-state index is 0.141. The number of pyridine rings is 2. The number of amides is 1. The number of hydrogen-bond donors (Lipinski definition) is 0. The van der Waals surface area contributed by atoms with Crippen LogP contribution in [0.1, 0.15) is 27.0 Å². The number of nitrogens with zero attached hydrogens (tertiary/aromatic N) is 5. The fourth-order valence-electron chi connectivity index (χ4n) is 3.91. The number of hydrogen-bond acceptors (Lipinski definition) is 5. The molecule has 28 heavy (non-hydrogen) atoms. The quantitative estimate of drug-likeness (QED) is 0.687. The molecule has 6 nitrogen and oxygen atoms in total. The lowest BCUT2D eigenvalue weighted by atomic mass is 10.2. The van der Waals surface area contributed by atoms with Gasteiger partial charge in [0.2, 0.25) is 0 Å². The van der Waals surface area contributed by atoms with Crippen LogP contribution in [0.25, 0.3) is 0 Å². The first-order valence-electron chi connectivity index (χ1n) is 9.48. The van der Waals surface area contributed by atoms with Gasteiger partial charge in [-0.2, -0.15) is 0 Å². The summed E-state index contributed by atoms with van der Waals surface area (Å²) in [6, 6.07) is 12.0. The Hall–Kier alpha value is -2.80. The highest BCUT2D eigenvalue weighted by Gasteiger charge is 2.31. The molecule has 1 saturated heterocycles. The maximum absolute atomic E-state index is 13.2. The summed E-state index contributed by atoms with van der Waals surface area (Å²) >= 11 is 1.84. The van der Waals surface area contributed by atoms with E-state index in [2.05, 4.69) is 25.5 Å². The summed E-state index contributed by atoms with van der Waals surface area (Å²) in [6.45, 7) is 3.07. The van der Waals surface area contributed by atoms with Crippen molar-refractivity contribution in [1.82, 2.24) is 19.4 Å². The van der Waals surface area contributed by atoms with Crippen molar-refractivity contribution in [2.45, 2.75) is 11.1 Å². The van der Waals surface area contributed by atoms with Gasteiger partial charge in [-0.25, -0.2) is 4.98 Å².